The number of rotatable bonds is 15. The number of nitrogens with zero attached hydrogens (tertiary/aromatic N) is 3. The van der Waals surface area contributed by atoms with E-state index in [1.807, 2.05) is 0 Å². The highest BCUT2D eigenvalue weighted by atomic mass is 127. The van der Waals surface area contributed by atoms with Gasteiger partial charge in [0.1, 0.15) is 10.3 Å². The van der Waals surface area contributed by atoms with Gasteiger partial charge in [0, 0.05) is 29.6 Å². The van der Waals surface area contributed by atoms with Crippen LogP contribution in [0.2, 0.25) is 10.3 Å². The van der Waals surface area contributed by atoms with Crippen molar-refractivity contribution in [2.24, 2.45) is 0 Å². The van der Waals surface area contributed by atoms with Crippen molar-refractivity contribution >= 4 is 68.9 Å². The summed E-state index contributed by atoms with van der Waals surface area (Å²) in [6, 6.07) is 4.14. The SMILES string of the molecule is Cc1cc(Cl)nc(Cl)c1C(=O)NCC[C@@H](C)NCCC(CCI)N(Cc1ccsc1)C(=O)CN1CCCC1. The number of halogens is 3. The average Bonchev–Trinajstić information content (AvgIpc) is 3.56. The Balaban J connectivity index is 1.49. The molecule has 0 saturated carbocycles. The number of carbonyl (C=O) groups excluding carboxylic acids is 2. The number of hydrogen-bond acceptors (Lipinski definition) is 6. The van der Waals surface area contributed by atoms with E-state index in [-0.39, 0.29) is 34.2 Å². The van der Waals surface area contributed by atoms with Crippen LogP contribution in [-0.4, -0.2) is 75.8 Å². The van der Waals surface area contributed by atoms with Crippen molar-refractivity contribution in [2.75, 3.05) is 37.2 Å². The Morgan fingerprint density at radius 1 is 1.21 bits per heavy atom. The van der Waals surface area contributed by atoms with Crippen LogP contribution in [0.15, 0.2) is 22.9 Å². The molecule has 0 spiro atoms. The monoisotopic (exact) mass is 693 g/mol. The van der Waals surface area contributed by atoms with Gasteiger partial charge in [-0.05, 0) is 99.6 Å². The molecule has 1 saturated heterocycles. The van der Waals surface area contributed by atoms with Crippen LogP contribution in [0.25, 0.3) is 0 Å². The molecule has 11 heteroatoms. The minimum absolute atomic E-state index is 0.117. The second-order valence-corrected chi connectivity index (χ2v) is 12.5. The maximum absolute atomic E-state index is 13.4. The molecule has 2 aromatic rings. The van der Waals surface area contributed by atoms with Crippen molar-refractivity contribution in [3.63, 3.8) is 0 Å². The summed E-state index contributed by atoms with van der Waals surface area (Å²) in [5, 5.41) is 11.1. The Morgan fingerprint density at radius 3 is 2.63 bits per heavy atom. The lowest BCUT2D eigenvalue weighted by Crippen LogP contribution is -2.46. The number of likely N-dealkylation sites (tertiary alicyclic amines) is 1. The van der Waals surface area contributed by atoms with Gasteiger partial charge in [-0.3, -0.25) is 14.5 Å². The molecule has 3 rings (SSSR count). The zero-order valence-corrected chi connectivity index (χ0v) is 26.6. The van der Waals surface area contributed by atoms with Crippen molar-refractivity contribution in [1.82, 2.24) is 25.4 Å². The molecule has 0 aliphatic carbocycles. The van der Waals surface area contributed by atoms with Crippen molar-refractivity contribution in [1.29, 1.82) is 0 Å². The molecule has 2 atom stereocenters. The number of nitrogens with one attached hydrogen (secondary N) is 2. The van der Waals surface area contributed by atoms with Gasteiger partial charge in [0.25, 0.3) is 5.91 Å². The van der Waals surface area contributed by atoms with Gasteiger partial charge in [-0.15, -0.1) is 0 Å². The minimum Gasteiger partial charge on any atom is -0.352 e. The topological polar surface area (TPSA) is 77.6 Å². The van der Waals surface area contributed by atoms with Gasteiger partial charge >= 0.3 is 0 Å². The first kappa shape index (κ1) is 31.5. The molecule has 210 valence electrons. The number of carbonyl (C=O) groups is 2. The molecule has 0 aromatic carbocycles. The zero-order valence-electron chi connectivity index (χ0n) is 22.1. The van der Waals surface area contributed by atoms with E-state index in [9.17, 15) is 9.59 Å². The first-order valence-electron chi connectivity index (χ1n) is 13.2. The van der Waals surface area contributed by atoms with E-state index in [1.165, 1.54) is 18.4 Å². The molecule has 1 fully saturated rings. The smallest absolute Gasteiger partial charge is 0.254 e. The molecule has 1 aliphatic heterocycles. The van der Waals surface area contributed by atoms with E-state index in [1.54, 1.807) is 24.3 Å². The maximum Gasteiger partial charge on any atom is 0.254 e. The highest BCUT2D eigenvalue weighted by Crippen LogP contribution is 2.21. The lowest BCUT2D eigenvalue weighted by Gasteiger charge is -2.33. The Hall–Kier alpha value is -0.980. The van der Waals surface area contributed by atoms with Gasteiger partial charge in [-0.25, -0.2) is 4.98 Å². The highest BCUT2D eigenvalue weighted by Gasteiger charge is 2.26. The van der Waals surface area contributed by atoms with E-state index in [0.29, 0.717) is 30.8 Å². The minimum atomic E-state index is -0.244. The molecule has 2 aromatic heterocycles. The standard InChI is InChI=1S/C27H38Cl2IN5O2S/c1-19-15-23(28)33-26(29)25(19)27(37)32-10-6-20(2)31-11-7-22(5-9-30)35(16-21-8-14-38-18-21)24(36)17-34-12-3-4-13-34/h8,14-15,18,20,22,31H,3-7,9-13,16-17H2,1-2H3,(H,32,37)/t20-,22?/m1/s1. The molecule has 38 heavy (non-hydrogen) atoms. The van der Waals surface area contributed by atoms with Gasteiger partial charge in [-0.2, -0.15) is 11.3 Å². The Morgan fingerprint density at radius 2 is 1.97 bits per heavy atom. The van der Waals surface area contributed by atoms with Crippen molar-refractivity contribution in [3.05, 3.63) is 49.9 Å². The molecule has 1 unspecified atom stereocenters. The van der Waals surface area contributed by atoms with E-state index in [4.69, 9.17) is 23.2 Å². The van der Waals surface area contributed by atoms with Crippen molar-refractivity contribution in [2.45, 2.75) is 64.6 Å². The summed E-state index contributed by atoms with van der Waals surface area (Å²) in [6.45, 7) is 8.45. The molecule has 2 amide bonds. The quantitative estimate of drug-likeness (QED) is 0.145. The van der Waals surface area contributed by atoms with Gasteiger partial charge in [0.15, 0.2) is 0 Å². The first-order chi connectivity index (χ1) is 18.3. The predicted molar refractivity (Wildman–Crippen MR) is 166 cm³/mol. The Labute approximate surface area is 254 Å². The predicted octanol–water partition coefficient (Wildman–Crippen LogP) is 5.56. The van der Waals surface area contributed by atoms with Crippen molar-refractivity contribution < 1.29 is 9.59 Å². The van der Waals surface area contributed by atoms with E-state index >= 15 is 0 Å². The largest absolute Gasteiger partial charge is 0.352 e. The van der Waals surface area contributed by atoms with Crippen LogP contribution in [0, 0.1) is 6.92 Å². The maximum atomic E-state index is 13.4. The molecule has 0 radical (unpaired) electrons. The summed E-state index contributed by atoms with van der Waals surface area (Å²) in [6.07, 6.45) is 4.99. The number of alkyl halides is 1. The number of hydrogen-bond donors (Lipinski definition) is 2. The number of thiophene rings is 1. The lowest BCUT2D eigenvalue weighted by molar-refractivity contribution is -0.135. The third kappa shape index (κ3) is 9.89. The summed E-state index contributed by atoms with van der Waals surface area (Å²) < 4.78 is 1.00. The van der Waals surface area contributed by atoms with Crippen LogP contribution in [0.5, 0.6) is 0 Å². The van der Waals surface area contributed by atoms with Crippen LogP contribution in [0.4, 0.5) is 0 Å². The molecular weight excluding hydrogens is 656 g/mol. The fourth-order valence-electron chi connectivity index (χ4n) is 4.76. The third-order valence-electron chi connectivity index (χ3n) is 6.90. The second-order valence-electron chi connectivity index (χ2n) is 9.88. The normalized spacial score (nSPS) is 15.4. The van der Waals surface area contributed by atoms with Crippen LogP contribution in [-0.2, 0) is 11.3 Å². The molecule has 0 bridgehead atoms. The Bertz CT molecular complexity index is 1010. The number of pyridine rings is 1. The van der Waals surface area contributed by atoms with Crippen LogP contribution in [0.1, 0.15) is 60.5 Å². The summed E-state index contributed by atoms with van der Waals surface area (Å²) >= 11 is 16.1. The molecule has 2 N–H and O–H groups in total. The van der Waals surface area contributed by atoms with Gasteiger partial charge in [-0.1, -0.05) is 45.8 Å². The zero-order chi connectivity index (χ0) is 27.5. The third-order valence-corrected chi connectivity index (χ3v) is 8.72. The summed E-state index contributed by atoms with van der Waals surface area (Å²) in [5.41, 5.74) is 2.26. The number of aryl methyl sites for hydroxylation is 1. The van der Waals surface area contributed by atoms with Crippen molar-refractivity contribution in [3.8, 4) is 0 Å². The lowest BCUT2D eigenvalue weighted by atomic mass is 10.1. The fraction of sp³-hybridized carbons (Fsp3) is 0.593. The molecule has 1 aliphatic rings. The van der Waals surface area contributed by atoms with E-state index in [0.717, 1.165) is 43.3 Å². The van der Waals surface area contributed by atoms with Crippen LogP contribution < -0.4 is 10.6 Å². The van der Waals surface area contributed by atoms with Crippen LogP contribution >= 0.6 is 57.1 Å². The molecule has 3 heterocycles. The first-order valence-corrected chi connectivity index (χ1v) is 16.4. The molecule has 7 nitrogen and oxygen atoms in total. The van der Waals surface area contributed by atoms with Gasteiger partial charge in [0.2, 0.25) is 5.91 Å². The molecular formula is C27H38Cl2IN5O2S. The average molecular weight is 695 g/mol. The second kappa shape index (κ2) is 16.3. The van der Waals surface area contributed by atoms with E-state index < -0.39 is 0 Å². The van der Waals surface area contributed by atoms with E-state index in [2.05, 4.69) is 71.8 Å². The van der Waals surface area contributed by atoms with Gasteiger partial charge in [0.05, 0.1) is 12.1 Å². The highest BCUT2D eigenvalue weighted by molar-refractivity contribution is 14.1. The fourth-order valence-corrected chi connectivity index (χ4v) is 6.76. The number of aromatic nitrogens is 1. The van der Waals surface area contributed by atoms with Gasteiger partial charge < -0.3 is 15.5 Å². The van der Waals surface area contributed by atoms with Crippen LogP contribution in [0.3, 0.4) is 0 Å². The number of amides is 2. The summed E-state index contributed by atoms with van der Waals surface area (Å²) in [5.74, 6) is -0.0130. The Kier molecular flexibility index (Phi) is 13.6. The summed E-state index contributed by atoms with van der Waals surface area (Å²) in [4.78, 5) is 34.4. The summed E-state index contributed by atoms with van der Waals surface area (Å²) in [7, 11) is 0.